The molecule has 0 aromatic heterocycles. The molecule has 2 saturated heterocycles. The maximum atomic E-state index is 12.4. The molecule has 3 rings (SSSR count). The lowest BCUT2D eigenvalue weighted by Crippen LogP contribution is -2.48. The van der Waals surface area contributed by atoms with E-state index in [0.29, 0.717) is 45.3 Å². The second-order valence-corrected chi connectivity index (χ2v) is 6.12. The Bertz CT molecular complexity index is 594. The molecule has 1 spiro atoms. The summed E-state index contributed by atoms with van der Waals surface area (Å²) in [5.41, 5.74) is 0.641. The molecule has 0 atom stereocenters. The fourth-order valence-electron chi connectivity index (χ4n) is 3.25. The van der Waals surface area contributed by atoms with Crippen LogP contribution in [0.15, 0.2) is 24.3 Å². The highest BCUT2D eigenvalue weighted by atomic mass is 16.6. The molecule has 6 nitrogen and oxygen atoms in total. The van der Waals surface area contributed by atoms with Crippen molar-refractivity contribution in [3.8, 4) is 5.75 Å². The first-order chi connectivity index (χ1) is 11.1. The molecular weight excluding hydrogens is 296 g/mol. The van der Waals surface area contributed by atoms with Gasteiger partial charge in [-0.3, -0.25) is 4.79 Å². The van der Waals surface area contributed by atoms with Gasteiger partial charge in [0, 0.05) is 32.4 Å². The Morgan fingerprint density at radius 3 is 2.74 bits per heavy atom. The number of nitrogens with one attached hydrogen (secondary N) is 1. The number of nitrogens with zero attached hydrogens (tertiary/aromatic N) is 1. The normalized spacial score (nSPS) is 19.3. The number of hydrogen-bond donors (Lipinski definition) is 1. The van der Waals surface area contributed by atoms with Gasteiger partial charge in [0.2, 0.25) is 5.91 Å². The summed E-state index contributed by atoms with van der Waals surface area (Å²) in [5, 5.41) is 2.70. The molecule has 1 aromatic rings. The molecule has 0 aliphatic carbocycles. The van der Waals surface area contributed by atoms with E-state index in [1.165, 1.54) is 0 Å². The van der Waals surface area contributed by atoms with Gasteiger partial charge < -0.3 is 19.7 Å². The Kier molecular flexibility index (Phi) is 4.41. The van der Waals surface area contributed by atoms with Crippen molar-refractivity contribution >= 4 is 12.0 Å². The topological polar surface area (TPSA) is 67.9 Å². The number of carbonyl (C=O) groups excluding carboxylic acids is 2. The van der Waals surface area contributed by atoms with Crippen molar-refractivity contribution in [1.29, 1.82) is 0 Å². The molecule has 2 aliphatic rings. The summed E-state index contributed by atoms with van der Waals surface area (Å²) < 4.78 is 10.7. The number of methoxy groups -OCH3 is 1. The summed E-state index contributed by atoms with van der Waals surface area (Å²) in [6.45, 7) is 1.83. The van der Waals surface area contributed by atoms with Gasteiger partial charge in [0.25, 0.3) is 0 Å². The van der Waals surface area contributed by atoms with E-state index in [4.69, 9.17) is 9.47 Å². The lowest BCUT2D eigenvalue weighted by Gasteiger charge is -2.37. The Balaban J connectivity index is 1.51. The van der Waals surface area contributed by atoms with Crippen molar-refractivity contribution in [2.24, 2.45) is 0 Å². The van der Waals surface area contributed by atoms with Crippen molar-refractivity contribution in [3.05, 3.63) is 29.8 Å². The van der Waals surface area contributed by atoms with E-state index in [-0.39, 0.29) is 12.0 Å². The zero-order valence-corrected chi connectivity index (χ0v) is 13.3. The molecule has 6 heteroatoms. The number of para-hydroxylation sites is 1. The van der Waals surface area contributed by atoms with Gasteiger partial charge in [0.15, 0.2) is 0 Å². The van der Waals surface area contributed by atoms with E-state index in [0.717, 1.165) is 11.3 Å². The molecule has 2 amide bonds. The predicted octanol–water partition coefficient (Wildman–Crippen LogP) is 1.73. The number of amides is 2. The largest absolute Gasteiger partial charge is 0.496 e. The molecule has 124 valence electrons. The number of hydrogen-bond acceptors (Lipinski definition) is 4. The Hall–Kier alpha value is -2.24. The van der Waals surface area contributed by atoms with Crippen LogP contribution in [0, 0.1) is 0 Å². The fourth-order valence-corrected chi connectivity index (χ4v) is 3.25. The molecule has 23 heavy (non-hydrogen) atoms. The van der Waals surface area contributed by atoms with Crippen LogP contribution in [0.4, 0.5) is 4.79 Å². The molecule has 2 aliphatic heterocycles. The molecule has 2 heterocycles. The molecule has 1 N–H and O–H groups in total. The number of alkyl carbamates (subject to hydrolysis) is 1. The minimum absolute atomic E-state index is 0.142. The van der Waals surface area contributed by atoms with Gasteiger partial charge >= 0.3 is 6.09 Å². The maximum absolute atomic E-state index is 12.4. The van der Waals surface area contributed by atoms with Crippen LogP contribution in [-0.4, -0.2) is 49.2 Å². The Morgan fingerprint density at radius 2 is 2.09 bits per heavy atom. The molecule has 0 bridgehead atoms. The van der Waals surface area contributed by atoms with Crippen molar-refractivity contribution in [2.75, 3.05) is 26.7 Å². The smallest absolute Gasteiger partial charge is 0.407 e. The maximum Gasteiger partial charge on any atom is 0.407 e. The summed E-state index contributed by atoms with van der Waals surface area (Å²) in [7, 11) is 1.64. The van der Waals surface area contributed by atoms with E-state index < -0.39 is 5.60 Å². The van der Waals surface area contributed by atoms with Crippen molar-refractivity contribution in [1.82, 2.24) is 10.2 Å². The van der Waals surface area contributed by atoms with Crippen LogP contribution in [0.5, 0.6) is 5.75 Å². The van der Waals surface area contributed by atoms with Gasteiger partial charge in [-0.25, -0.2) is 4.79 Å². The zero-order valence-electron chi connectivity index (χ0n) is 13.3. The van der Waals surface area contributed by atoms with Crippen molar-refractivity contribution in [2.45, 2.75) is 31.3 Å². The third-order valence-electron chi connectivity index (χ3n) is 4.69. The molecule has 2 fully saturated rings. The van der Waals surface area contributed by atoms with Gasteiger partial charge in [-0.2, -0.15) is 0 Å². The number of ether oxygens (including phenoxy) is 2. The van der Waals surface area contributed by atoms with Crippen LogP contribution >= 0.6 is 0 Å². The van der Waals surface area contributed by atoms with Gasteiger partial charge in [-0.1, -0.05) is 18.2 Å². The van der Waals surface area contributed by atoms with Crippen molar-refractivity contribution in [3.63, 3.8) is 0 Å². The standard InChI is InChI=1S/C17H22N2O4/c1-22-14-5-3-2-4-13(14)6-7-15(20)19-10-8-17(9-11-19)12-18-16(21)23-17/h2-5H,6-12H2,1H3,(H,18,21). The lowest BCUT2D eigenvalue weighted by atomic mass is 9.91. The number of benzene rings is 1. The highest BCUT2D eigenvalue weighted by Gasteiger charge is 2.43. The lowest BCUT2D eigenvalue weighted by molar-refractivity contribution is -0.134. The van der Waals surface area contributed by atoms with Crippen LogP contribution in [-0.2, 0) is 16.0 Å². The highest BCUT2D eigenvalue weighted by Crippen LogP contribution is 2.29. The SMILES string of the molecule is COc1ccccc1CCC(=O)N1CCC2(CC1)CNC(=O)O2. The van der Waals surface area contributed by atoms with Crippen LogP contribution in [0.1, 0.15) is 24.8 Å². The Morgan fingerprint density at radius 1 is 1.35 bits per heavy atom. The number of likely N-dealkylation sites (tertiary alicyclic amines) is 1. The summed E-state index contributed by atoms with van der Waals surface area (Å²) in [6.07, 6.45) is 2.19. The van der Waals surface area contributed by atoms with Crippen LogP contribution in [0.3, 0.4) is 0 Å². The first-order valence-electron chi connectivity index (χ1n) is 7.98. The van der Waals surface area contributed by atoms with E-state index in [9.17, 15) is 9.59 Å². The first-order valence-corrected chi connectivity index (χ1v) is 7.98. The minimum Gasteiger partial charge on any atom is -0.496 e. The summed E-state index contributed by atoms with van der Waals surface area (Å²) >= 11 is 0. The van der Waals surface area contributed by atoms with Crippen molar-refractivity contribution < 1.29 is 19.1 Å². The number of rotatable bonds is 4. The zero-order chi connectivity index (χ0) is 16.3. The second-order valence-electron chi connectivity index (χ2n) is 6.12. The number of carbonyl (C=O) groups is 2. The van der Waals surface area contributed by atoms with E-state index in [2.05, 4.69) is 5.32 Å². The average molecular weight is 318 g/mol. The van der Waals surface area contributed by atoms with Crippen LogP contribution in [0.2, 0.25) is 0 Å². The van der Waals surface area contributed by atoms with Gasteiger partial charge in [0.1, 0.15) is 11.4 Å². The summed E-state index contributed by atoms with van der Waals surface area (Å²) in [5.74, 6) is 0.963. The third-order valence-corrected chi connectivity index (χ3v) is 4.69. The Labute approximate surface area is 135 Å². The third kappa shape index (κ3) is 3.41. The quantitative estimate of drug-likeness (QED) is 0.918. The van der Waals surface area contributed by atoms with Crippen LogP contribution in [0.25, 0.3) is 0 Å². The summed E-state index contributed by atoms with van der Waals surface area (Å²) in [6, 6.07) is 7.77. The molecule has 0 radical (unpaired) electrons. The van der Waals surface area contributed by atoms with E-state index in [1.807, 2.05) is 29.2 Å². The fraction of sp³-hybridized carbons (Fsp3) is 0.529. The van der Waals surface area contributed by atoms with E-state index >= 15 is 0 Å². The van der Waals surface area contributed by atoms with Crippen LogP contribution < -0.4 is 10.1 Å². The number of piperidine rings is 1. The van der Waals surface area contributed by atoms with Gasteiger partial charge in [0.05, 0.1) is 13.7 Å². The number of aryl methyl sites for hydroxylation is 1. The monoisotopic (exact) mass is 318 g/mol. The molecule has 0 saturated carbocycles. The average Bonchev–Trinajstić information content (AvgIpc) is 2.94. The first kappa shape index (κ1) is 15.6. The second kappa shape index (κ2) is 6.48. The van der Waals surface area contributed by atoms with Gasteiger partial charge in [-0.05, 0) is 18.1 Å². The molecular formula is C17H22N2O4. The summed E-state index contributed by atoms with van der Waals surface area (Å²) in [4.78, 5) is 25.5. The predicted molar refractivity (Wildman–Crippen MR) is 84.3 cm³/mol. The molecule has 1 aromatic carbocycles. The van der Waals surface area contributed by atoms with E-state index in [1.54, 1.807) is 7.11 Å². The highest BCUT2D eigenvalue weighted by molar-refractivity contribution is 5.77. The molecule has 0 unspecified atom stereocenters. The van der Waals surface area contributed by atoms with Gasteiger partial charge in [-0.15, -0.1) is 0 Å². The minimum atomic E-state index is -0.406.